The molecule has 3 heterocycles. The zero-order valence-electron chi connectivity index (χ0n) is 23.6. The van der Waals surface area contributed by atoms with Crippen LogP contribution in [-0.4, -0.2) is 56.7 Å². The molecule has 2 aromatic carbocycles. The molecule has 0 bridgehead atoms. The van der Waals surface area contributed by atoms with Crippen LogP contribution in [0.5, 0.6) is 0 Å². The topological polar surface area (TPSA) is 122 Å². The standard InChI is InChI=1S/C29H34N6O.C2HF3O2/c30-29(16-5-4-11-27(29)33-28-31-20-26(36-28)22-8-2-1-3-9-22)23-10-6-18-34(21-23)24-12-14-25(15-13-24)35-19-7-17-32-35;3-2(4,5)1(6)7/h1-3,7-9,12-15,17,19-20,23,27H,4-6,10-11,16,18,21,30H2,(H,31,33);(H,6,7)/t23-,27?,29?;/m0./s1. The van der Waals surface area contributed by atoms with Crippen molar-refractivity contribution < 1.29 is 27.5 Å². The number of nitrogens with two attached hydrogens (primary N) is 1. The Kier molecular flexibility index (Phi) is 9.05. The fourth-order valence-electron chi connectivity index (χ4n) is 6.03. The molecule has 1 saturated heterocycles. The number of carbonyl (C=O) groups is 1. The number of aliphatic carboxylic acids is 1. The highest BCUT2D eigenvalue weighted by molar-refractivity contribution is 5.73. The average molecular weight is 597 g/mol. The fraction of sp³-hybridized carbons (Fsp3) is 0.387. The summed E-state index contributed by atoms with van der Waals surface area (Å²) in [5, 5.41) is 15.1. The summed E-state index contributed by atoms with van der Waals surface area (Å²) < 4.78 is 39.7. The molecular weight excluding hydrogens is 561 g/mol. The van der Waals surface area contributed by atoms with Crippen molar-refractivity contribution >= 4 is 17.7 Å². The van der Waals surface area contributed by atoms with E-state index < -0.39 is 12.1 Å². The summed E-state index contributed by atoms with van der Waals surface area (Å²) in [6, 6.07) is 21.4. The van der Waals surface area contributed by atoms with Gasteiger partial charge < -0.3 is 25.5 Å². The van der Waals surface area contributed by atoms with Gasteiger partial charge in [-0.05, 0) is 61.9 Å². The van der Waals surface area contributed by atoms with Crippen molar-refractivity contribution in [1.29, 1.82) is 0 Å². The molecule has 43 heavy (non-hydrogen) atoms. The van der Waals surface area contributed by atoms with Crippen molar-refractivity contribution in [2.75, 3.05) is 23.3 Å². The third kappa shape index (κ3) is 7.19. The van der Waals surface area contributed by atoms with E-state index in [9.17, 15) is 13.2 Å². The Balaban J connectivity index is 0.000000472. The molecule has 12 heteroatoms. The minimum Gasteiger partial charge on any atom is -0.475 e. The van der Waals surface area contributed by atoms with E-state index in [0.717, 1.165) is 55.8 Å². The van der Waals surface area contributed by atoms with Gasteiger partial charge in [0.05, 0.1) is 11.9 Å². The summed E-state index contributed by atoms with van der Waals surface area (Å²) in [5.41, 5.74) is 10.4. The first-order valence-corrected chi connectivity index (χ1v) is 14.4. The minimum absolute atomic E-state index is 0.140. The van der Waals surface area contributed by atoms with E-state index in [1.54, 1.807) is 12.4 Å². The van der Waals surface area contributed by atoms with Crippen LogP contribution in [0.2, 0.25) is 0 Å². The van der Waals surface area contributed by atoms with Crippen molar-refractivity contribution in [3.63, 3.8) is 0 Å². The first-order valence-electron chi connectivity index (χ1n) is 14.4. The fourth-order valence-corrected chi connectivity index (χ4v) is 6.03. The van der Waals surface area contributed by atoms with Gasteiger partial charge in [0.2, 0.25) is 0 Å². The number of hydrogen-bond acceptors (Lipinski definition) is 7. The molecule has 2 fully saturated rings. The van der Waals surface area contributed by atoms with Crippen LogP contribution in [0.25, 0.3) is 17.0 Å². The number of aromatic nitrogens is 3. The van der Waals surface area contributed by atoms with Crippen molar-refractivity contribution in [3.05, 3.63) is 79.3 Å². The molecule has 2 aliphatic rings. The lowest BCUT2D eigenvalue weighted by atomic mass is 9.67. The molecule has 2 aromatic heterocycles. The van der Waals surface area contributed by atoms with Crippen LogP contribution >= 0.6 is 0 Å². The van der Waals surface area contributed by atoms with E-state index in [1.807, 2.05) is 47.3 Å². The number of hydrogen-bond donors (Lipinski definition) is 3. The van der Waals surface area contributed by atoms with E-state index in [4.69, 9.17) is 20.1 Å². The number of alkyl halides is 3. The highest BCUT2D eigenvalue weighted by Crippen LogP contribution is 2.39. The van der Waals surface area contributed by atoms with Gasteiger partial charge in [-0.25, -0.2) is 14.5 Å². The van der Waals surface area contributed by atoms with Crippen LogP contribution in [-0.2, 0) is 4.79 Å². The van der Waals surface area contributed by atoms with E-state index in [1.165, 1.54) is 18.5 Å². The normalized spacial score (nSPS) is 22.4. The van der Waals surface area contributed by atoms with Gasteiger partial charge in [0.1, 0.15) is 0 Å². The zero-order valence-corrected chi connectivity index (χ0v) is 23.6. The number of nitrogens with one attached hydrogen (secondary N) is 1. The SMILES string of the molecule is NC1([C@H]2CCCN(c3ccc(-n4cccn4)cc3)C2)CCCCC1Nc1ncc(-c2ccccc2)o1.O=C(O)C(F)(F)F. The van der Waals surface area contributed by atoms with Crippen LogP contribution < -0.4 is 16.0 Å². The number of oxazole rings is 1. The monoisotopic (exact) mass is 596 g/mol. The summed E-state index contributed by atoms with van der Waals surface area (Å²) in [6.45, 7) is 2.03. The molecule has 2 unspecified atom stereocenters. The third-order valence-electron chi connectivity index (χ3n) is 8.27. The Labute approximate surface area is 247 Å². The van der Waals surface area contributed by atoms with Crippen LogP contribution in [0.3, 0.4) is 0 Å². The molecule has 9 nitrogen and oxygen atoms in total. The van der Waals surface area contributed by atoms with Crippen LogP contribution in [0.1, 0.15) is 38.5 Å². The Morgan fingerprint density at radius 1 is 1.02 bits per heavy atom. The van der Waals surface area contributed by atoms with Crippen LogP contribution in [0.15, 0.2) is 83.7 Å². The highest BCUT2D eigenvalue weighted by Gasteiger charge is 2.45. The first-order chi connectivity index (χ1) is 20.6. The number of piperidine rings is 1. The van der Waals surface area contributed by atoms with Gasteiger partial charge in [-0.1, -0.05) is 43.2 Å². The van der Waals surface area contributed by atoms with Gasteiger partial charge in [-0.2, -0.15) is 18.3 Å². The summed E-state index contributed by atoms with van der Waals surface area (Å²) in [4.78, 5) is 15.9. The number of anilines is 2. The number of halogens is 3. The van der Waals surface area contributed by atoms with E-state index in [0.29, 0.717) is 11.9 Å². The molecule has 6 rings (SSSR count). The number of carboxylic acid groups (broad SMARTS) is 1. The lowest BCUT2D eigenvalue weighted by Crippen LogP contribution is -2.63. The van der Waals surface area contributed by atoms with Gasteiger partial charge in [0.15, 0.2) is 5.76 Å². The third-order valence-corrected chi connectivity index (χ3v) is 8.27. The molecule has 4 aromatic rings. The second-order valence-electron chi connectivity index (χ2n) is 11.0. The molecular formula is C31H35F3N6O3. The number of nitrogens with zero attached hydrogens (tertiary/aromatic N) is 4. The van der Waals surface area contributed by atoms with Crippen molar-refractivity contribution in [1.82, 2.24) is 14.8 Å². The second kappa shape index (κ2) is 12.9. The molecule has 0 radical (unpaired) electrons. The number of rotatable bonds is 6. The summed E-state index contributed by atoms with van der Waals surface area (Å²) in [5.74, 6) is -1.58. The van der Waals surface area contributed by atoms with Crippen molar-refractivity contribution in [2.45, 2.75) is 56.3 Å². The van der Waals surface area contributed by atoms with Crippen LogP contribution in [0, 0.1) is 5.92 Å². The zero-order chi connectivity index (χ0) is 30.5. The quantitative estimate of drug-likeness (QED) is 0.243. The Morgan fingerprint density at radius 2 is 1.74 bits per heavy atom. The molecule has 228 valence electrons. The average Bonchev–Trinajstić information content (AvgIpc) is 3.72. The molecule has 4 N–H and O–H groups in total. The minimum atomic E-state index is -5.08. The van der Waals surface area contributed by atoms with Gasteiger partial charge in [0.25, 0.3) is 6.01 Å². The van der Waals surface area contributed by atoms with Gasteiger partial charge in [-0.15, -0.1) is 0 Å². The number of carboxylic acids is 1. The lowest BCUT2D eigenvalue weighted by Gasteiger charge is -2.50. The molecule has 1 aliphatic heterocycles. The smallest absolute Gasteiger partial charge is 0.475 e. The van der Waals surface area contributed by atoms with E-state index in [2.05, 4.69) is 44.6 Å². The molecule has 1 saturated carbocycles. The summed E-state index contributed by atoms with van der Waals surface area (Å²) in [7, 11) is 0. The van der Waals surface area contributed by atoms with Gasteiger partial charge >= 0.3 is 12.1 Å². The lowest BCUT2D eigenvalue weighted by molar-refractivity contribution is -0.192. The largest absolute Gasteiger partial charge is 0.490 e. The Hall–Kier alpha value is -4.32. The maximum Gasteiger partial charge on any atom is 0.490 e. The maximum atomic E-state index is 10.6. The van der Waals surface area contributed by atoms with E-state index >= 15 is 0 Å². The Bertz CT molecular complexity index is 1460. The predicted octanol–water partition coefficient (Wildman–Crippen LogP) is 6.13. The summed E-state index contributed by atoms with van der Waals surface area (Å²) in [6.07, 6.45) is 7.19. The highest BCUT2D eigenvalue weighted by atomic mass is 19.4. The van der Waals surface area contributed by atoms with Crippen molar-refractivity contribution in [2.24, 2.45) is 11.7 Å². The van der Waals surface area contributed by atoms with Gasteiger partial charge in [-0.3, -0.25) is 0 Å². The van der Waals surface area contributed by atoms with Crippen molar-refractivity contribution in [3.8, 4) is 17.0 Å². The number of benzene rings is 2. The predicted molar refractivity (Wildman–Crippen MR) is 157 cm³/mol. The second-order valence-corrected chi connectivity index (χ2v) is 11.0. The van der Waals surface area contributed by atoms with E-state index in [-0.39, 0.29) is 11.6 Å². The van der Waals surface area contributed by atoms with Gasteiger partial charge in [0, 0.05) is 48.3 Å². The molecule has 3 atom stereocenters. The summed E-state index contributed by atoms with van der Waals surface area (Å²) >= 11 is 0. The molecule has 1 aliphatic carbocycles. The maximum absolute atomic E-state index is 10.6. The van der Waals surface area contributed by atoms with Crippen LogP contribution in [0.4, 0.5) is 24.9 Å². The molecule has 0 amide bonds. The molecule has 0 spiro atoms. The first kappa shape index (κ1) is 30.1. The Morgan fingerprint density at radius 3 is 2.42 bits per heavy atom.